The Hall–Kier alpha value is -4.14. The normalized spacial score (nSPS) is 11.4. The van der Waals surface area contributed by atoms with Gasteiger partial charge in [-0.05, 0) is 78.2 Å². The second kappa shape index (κ2) is 12.6. The van der Waals surface area contributed by atoms with Gasteiger partial charge in [-0.3, -0.25) is 9.10 Å². The molecule has 1 N–H and O–H groups in total. The summed E-state index contributed by atoms with van der Waals surface area (Å²) >= 11 is 6.16. The Kier molecular flexibility index (Phi) is 9.01. The van der Waals surface area contributed by atoms with Gasteiger partial charge in [0.1, 0.15) is 12.4 Å². The van der Waals surface area contributed by atoms with Crippen LogP contribution < -0.4 is 14.5 Å². The van der Waals surface area contributed by atoms with Crippen molar-refractivity contribution in [2.75, 3.05) is 10.6 Å². The lowest BCUT2D eigenvalue weighted by atomic mass is 10.1. The summed E-state index contributed by atoms with van der Waals surface area (Å²) in [5.41, 5.74) is 6.89. The summed E-state index contributed by atoms with van der Waals surface area (Å²) in [4.78, 5) is 12.6. The fourth-order valence-corrected chi connectivity index (χ4v) is 4.85. The molecule has 0 spiro atoms. The van der Waals surface area contributed by atoms with Crippen LogP contribution in [0, 0.1) is 6.92 Å². The predicted octanol–water partition coefficient (Wildman–Crippen LogP) is 5.96. The van der Waals surface area contributed by atoms with E-state index < -0.39 is 15.9 Å². The molecule has 0 saturated carbocycles. The molecule has 4 aromatic rings. The quantitative estimate of drug-likeness (QED) is 0.191. The van der Waals surface area contributed by atoms with Gasteiger partial charge in [-0.1, -0.05) is 54.1 Å². The molecule has 0 atom stereocenters. The van der Waals surface area contributed by atoms with Gasteiger partial charge in [-0.15, -0.1) is 0 Å². The van der Waals surface area contributed by atoms with Crippen LogP contribution in [-0.4, -0.2) is 26.8 Å². The Balaban J connectivity index is 1.34. The van der Waals surface area contributed by atoms with Crippen LogP contribution in [0.5, 0.6) is 5.75 Å². The predicted molar refractivity (Wildman–Crippen MR) is 156 cm³/mol. The van der Waals surface area contributed by atoms with Crippen molar-refractivity contribution in [2.24, 2.45) is 5.10 Å². The Morgan fingerprint density at radius 3 is 2.21 bits per heavy atom. The molecule has 1 amide bonds. The Morgan fingerprint density at radius 2 is 1.56 bits per heavy atom. The lowest BCUT2D eigenvalue weighted by molar-refractivity contribution is 0.0955. The van der Waals surface area contributed by atoms with Crippen LogP contribution >= 0.6 is 11.6 Å². The molecule has 7 nitrogen and oxygen atoms in total. The standard InChI is InChI=1S/C30H28ClN3O4S/c1-22-7-3-4-8-25(22)20-34(39(2,36)37)27-15-13-24(14-16-27)30(35)33-32-19-23-11-17-28(18-12-23)38-21-26-9-5-6-10-29(26)31/h3-19H,20-21H2,1-2H3,(H,33,35)/b32-19-. The number of nitrogens with one attached hydrogen (secondary N) is 1. The second-order valence-corrected chi connectivity index (χ2v) is 11.2. The van der Waals surface area contributed by atoms with Crippen molar-refractivity contribution in [3.8, 4) is 5.75 Å². The van der Waals surface area contributed by atoms with Gasteiger partial charge in [-0.2, -0.15) is 5.10 Å². The Bertz CT molecular complexity index is 1570. The topological polar surface area (TPSA) is 88.1 Å². The largest absolute Gasteiger partial charge is 0.489 e. The van der Waals surface area contributed by atoms with E-state index in [2.05, 4.69) is 10.5 Å². The van der Waals surface area contributed by atoms with Crippen molar-refractivity contribution >= 4 is 39.4 Å². The molecular weight excluding hydrogens is 534 g/mol. The number of hydrazone groups is 1. The summed E-state index contributed by atoms with van der Waals surface area (Å²) in [7, 11) is -3.54. The molecule has 0 aliphatic heterocycles. The number of hydrogen-bond donors (Lipinski definition) is 1. The average molecular weight is 562 g/mol. The zero-order valence-electron chi connectivity index (χ0n) is 21.5. The third-order valence-electron chi connectivity index (χ3n) is 6.01. The number of benzene rings is 4. The van der Waals surface area contributed by atoms with E-state index in [9.17, 15) is 13.2 Å². The number of aryl methyl sites for hydroxylation is 1. The number of carbonyl (C=O) groups excluding carboxylic acids is 1. The van der Waals surface area contributed by atoms with E-state index in [4.69, 9.17) is 16.3 Å². The van der Waals surface area contributed by atoms with Crippen molar-refractivity contribution in [3.63, 3.8) is 0 Å². The summed E-state index contributed by atoms with van der Waals surface area (Å²) in [5, 5.41) is 4.68. The van der Waals surface area contributed by atoms with Gasteiger partial charge in [0.2, 0.25) is 10.0 Å². The number of sulfonamides is 1. The second-order valence-electron chi connectivity index (χ2n) is 8.89. The molecule has 4 aromatic carbocycles. The van der Waals surface area contributed by atoms with Crippen molar-refractivity contribution in [3.05, 3.63) is 130 Å². The minimum absolute atomic E-state index is 0.200. The highest BCUT2D eigenvalue weighted by Gasteiger charge is 2.19. The molecule has 4 rings (SSSR count). The van der Waals surface area contributed by atoms with E-state index in [1.165, 1.54) is 10.5 Å². The summed E-state index contributed by atoms with van der Waals surface area (Å²) < 4.78 is 32.1. The van der Waals surface area contributed by atoms with E-state index in [0.29, 0.717) is 28.6 Å². The van der Waals surface area contributed by atoms with Gasteiger partial charge in [-0.25, -0.2) is 13.8 Å². The molecule has 0 heterocycles. The van der Waals surface area contributed by atoms with E-state index in [1.807, 2.05) is 79.7 Å². The molecule has 0 aliphatic rings. The highest BCUT2D eigenvalue weighted by Crippen LogP contribution is 2.23. The SMILES string of the molecule is Cc1ccccc1CN(c1ccc(C(=O)N/N=C\c2ccc(OCc3ccccc3Cl)cc2)cc1)S(C)(=O)=O. The minimum atomic E-state index is -3.54. The number of rotatable bonds is 10. The summed E-state index contributed by atoms with van der Waals surface area (Å²) in [6.07, 6.45) is 2.69. The van der Waals surface area contributed by atoms with E-state index in [-0.39, 0.29) is 6.54 Å². The average Bonchev–Trinajstić information content (AvgIpc) is 2.92. The first-order valence-corrected chi connectivity index (χ1v) is 14.4. The number of amides is 1. The maximum absolute atomic E-state index is 12.6. The summed E-state index contributed by atoms with van der Waals surface area (Å²) in [5.74, 6) is 0.268. The molecule has 9 heteroatoms. The third-order valence-corrected chi connectivity index (χ3v) is 7.51. The van der Waals surface area contributed by atoms with Crippen molar-refractivity contribution in [2.45, 2.75) is 20.1 Å². The van der Waals surface area contributed by atoms with Crippen LogP contribution in [0.2, 0.25) is 5.02 Å². The van der Waals surface area contributed by atoms with Gasteiger partial charge in [0.15, 0.2) is 0 Å². The molecule has 0 bridgehead atoms. The maximum Gasteiger partial charge on any atom is 0.271 e. The number of halogens is 1. The lowest BCUT2D eigenvalue weighted by Gasteiger charge is -2.23. The number of anilines is 1. The van der Waals surface area contributed by atoms with Crippen LogP contribution in [0.1, 0.15) is 32.6 Å². The molecule has 200 valence electrons. The fourth-order valence-electron chi connectivity index (χ4n) is 3.78. The Labute approximate surface area is 233 Å². The first-order chi connectivity index (χ1) is 18.7. The highest BCUT2D eigenvalue weighted by atomic mass is 35.5. The van der Waals surface area contributed by atoms with E-state index >= 15 is 0 Å². The number of ether oxygens (including phenoxy) is 1. The zero-order chi connectivity index (χ0) is 27.8. The highest BCUT2D eigenvalue weighted by molar-refractivity contribution is 7.92. The van der Waals surface area contributed by atoms with Gasteiger partial charge < -0.3 is 4.74 Å². The van der Waals surface area contributed by atoms with Crippen molar-refractivity contribution in [1.82, 2.24) is 5.43 Å². The lowest BCUT2D eigenvalue weighted by Crippen LogP contribution is -2.29. The molecule has 0 radical (unpaired) electrons. The van der Waals surface area contributed by atoms with Gasteiger partial charge in [0.25, 0.3) is 5.91 Å². The first-order valence-electron chi connectivity index (χ1n) is 12.1. The zero-order valence-corrected chi connectivity index (χ0v) is 23.1. The molecule has 39 heavy (non-hydrogen) atoms. The van der Waals surface area contributed by atoms with Gasteiger partial charge in [0, 0.05) is 16.1 Å². The van der Waals surface area contributed by atoms with Gasteiger partial charge in [0.05, 0.1) is 24.7 Å². The van der Waals surface area contributed by atoms with Gasteiger partial charge >= 0.3 is 0 Å². The smallest absolute Gasteiger partial charge is 0.271 e. The van der Waals surface area contributed by atoms with Crippen LogP contribution in [0.25, 0.3) is 0 Å². The number of hydrogen-bond acceptors (Lipinski definition) is 5. The molecule has 0 aliphatic carbocycles. The summed E-state index contributed by atoms with van der Waals surface area (Å²) in [6, 6.07) is 28.7. The van der Waals surface area contributed by atoms with Crippen LogP contribution in [0.15, 0.2) is 102 Å². The minimum Gasteiger partial charge on any atom is -0.489 e. The van der Waals surface area contributed by atoms with Crippen molar-refractivity contribution < 1.29 is 17.9 Å². The summed E-state index contributed by atoms with van der Waals surface area (Å²) in [6.45, 7) is 2.50. The number of nitrogens with zero attached hydrogens (tertiary/aromatic N) is 2. The monoisotopic (exact) mass is 561 g/mol. The molecule has 0 aromatic heterocycles. The van der Waals surface area contributed by atoms with Crippen molar-refractivity contribution in [1.29, 1.82) is 0 Å². The number of carbonyl (C=O) groups is 1. The van der Waals surface area contributed by atoms with Crippen LogP contribution in [0.3, 0.4) is 0 Å². The van der Waals surface area contributed by atoms with E-state index in [1.54, 1.807) is 24.3 Å². The molecular formula is C30H28ClN3O4S. The Morgan fingerprint density at radius 1 is 0.923 bits per heavy atom. The van der Waals surface area contributed by atoms with Crippen LogP contribution in [0.4, 0.5) is 5.69 Å². The van der Waals surface area contributed by atoms with Crippen LogP contribution in [-0.2, 0) is 23.2 Å². The third kappa shape index (κ3) is 7.69. The maximum atomic E-state index is 12.6. The molecule has 0 fully saturated rings. The molecule has 0 saturated heterocycles. The first kappa shape index (κ1) is 27.9. The fraction of sp³-hybridized carbons (Fsp3) is 0.133. The van der Waals surface area contributed by atoms with E-state index in [0.717, 1.165) is 28.5 Å². The molecule has 0 unspecified atom stereocenters.